The van der Waals surface area contributed by atoms with Gasteiger partial charge in [0.25, 0.3) is 0 Å². The Morgan fingerprint density at radius 2 is 1.84 bits per heavy atom. The number of anilines is 1. The molecule has 1 aromatic heterocycles. The average Bonchev–Trinajstić information content (AvgIpc) is 3.16. The van der Waals surface area contributed by atoms with Gasteiger partial charge in [-0.25, -0.2) is 9.67 Å². The van der Waals surface area contributed by atoms with Gasteiger partial charge in [0, 0.05) is 11.6 Å². The Labute approximate surface area is 146 Å². The zero-order chi connectivity index (χ0) is 17.6. The summed E-state index contributed by atoms with van der Waals surface area (Å²) in [6.45, 7) is 0.645. The number of esters is 1. The smallest absolute Gasteiger partial charge is 0.308 e. The number of methoxy groups -OCH3 is 1. The third-order valence-corrected chi connectivity index (χ3v) is 4.67. The SMILES string of the molecule is COC(=O)C1CCC(C(=O)Nc2ccc(Cn3cncn3)cc2)CC1. The maximum absolute atomic E-state index is 12.4. The Kier molecular flexibility index (Phi) is 5.42. The number of hydrogen-bond donors (Lipinski definition) is 1. The molecule has 1 aliphatic rings. The minimum atomic E-state index is -0.165. The first kappa shape index (κ1) is 17.1. The van der Waals surface area contributed by atoms with Crippen LogP contribution in [0.4, 0.5) is 5.69 Å². The lowest BCUT2D eigenvalue weighted by atomic mass is 9.81. The van der Waals surface area contributed by atoms with Gasteiger partial charge in [0.15, 0.2) is 0 Å². The molecule has 0 atom stereocenters. The van der Waals surface area contributed by atoms with Crippen LogP contribution in [0.3, 0.4) is 0 Å². The van der Waals surface area contributed by atoms with Crippen LogP contribution < -0.4 is 5.32 Å². The van der Waals surface area contributed by atoms with Gasteiger partial charge in [-0.15, -0.1) is 0 Å². The van der Waals surface area contributed by atoms with Crippen LogP contribution in [0.5, 0.6) is 0 Å². The van der Waals surface area contributed by atoms with E-state index in [-0.39, 0.29) is 23.7 Å². The van der Waals surface area contributed by atoms with Crippen LogP contribution in [0, 0.1) is 11.8 Å². The highest BCUT2D eigenvalue weighted by atomic mass is 16.5. The third kappa shape index (κ3) is 4.43. The molecule has 0 saturated heterocycles. The topological polar surface area (TPSA) is 86.1 Å². The van der Waals surface area contributed by atoms with Crippen LogP contribution in [-0.2, 0) is 20.9 Å². The van der Waals surface area contributed by atoms with Gasteiger partial charge in [0.05, 0.1) is 19.6 Å². The van der Waals surface area contributed by atoms with Gasteiger partial charge in [-0.1, -0.05) is 12.1 Å². The van der Waals surface area contributed by atoms with Crippen molar-refractivity contribution in [2.45, 2.75) is 32.2 Å². The van der Waals surface area contributed by atoms with Crippen molar-refractivity contribution in [3.63, 3.8) is 0 Å². The maximum atomic E-state index is 12.4. The number of amides is 1. The van der Waals surface area contributed by atoms with Crippen molar-refractivity contribution in [1.82, 2.24) is 14.8 Å². The first-order valence-corrected chi connectivity index (χ1v) is 8.45. The summed E-state index contributed by atoms with van der Waals surface area (Å²) >= 11 is 0. The molecule has 0 bridgehead atoms. The van der Waals surface area contributed by atoms with Crippen LogP contribution >= 0.6 is 0 Å². The Bertz CT molecular complexity index is 704. The molecule has 0 unspecified atom stereocenters. The zero-order valence-electron chi connectivity index (χ0n) is 14.2. The molecule has 7 nitrogen and oxygen atoms in total. The standard InChI is InChI=1S/C18H22N4O3/c1-25-18(24)15-6-4-14(5-7-15)17(23)21-16-8-2-13(3-9-16)10-22-12-19-11-20-22/h2-3,8-9,11-12,14-15H,4-7,10H2,1H3,(H,21,23). The first-order chi connectivity index (χ1) is 12.2. The van der Waals surface area contributed by atoms with Gasteiger partial charge in [-0.3, -0.25) is 9.59 Å². The van der Waals surface area contributed by atoms with Crippen LogP contribution in [0.15, 0.2) is 36.9 Å². The molecule has 1 fully saturated rings. The summed E-state index contributed by atoms with van der Waals surface area (Å²) in [5.41, 5.74) is 1.87. The molecule has 1 N–H and O–H groups in total. The zero-order valence-corrected chi connectivity index (χ0v) is 14.2. The van der Waals surface area contributed by atoms with Crippen molar-refractivity contribution in [2.24, 2.45) is 11.8 Å². The maximum Gasteiger partial charge on any atom is 0.308 e. The fraction of sp³-hybridized carbons (Fsp3) is 0.444. The first-order valence-electron chi connectivity index (χ1n) is 8.45. The van der Waals surface area contributed by atoms with Crippen LogP contribution in [0.25, 0.3) is 0 Å². The number of nitrogens with one attached hydrogen (secondary N) is 1. The van der Waals surface area contributed by atoms with Gasteiger partial charge >= 0.3 is 5.97 Å². The molecule has 2 aromatic rings. The molecule has 0 aliphatic heterocycles. The van der Waals surface area contributed by atoms with E-state index < -0.39 is 0 Å². The summed E-state index contributed by atoms with van der Waals surface area (Å²) in [5, 5.41) is 7.04. The second kappa shape index (κ2) is 7.92. The Morgan fingerprint density at radius 1 is 1.16 bits per heavy atom. The molecule has 1 heterocycles. The highest BCUT2D eigenvalue weighted by Gasteiger charge is 2.30. The monoisotopic (exact) mass is 342 g/mol. The molecule has 25 heavy (non-hydrogen) atoms. The Hall–Kier alpha value is -2.70. The van der Waals surface area contributed by atoms with E-state index in [0.29, 0.717) is 19.4 Å². The molecular weight excluding hydrogens is 320 g/mol. The van der Waals surface area contributed by atoms with Gasteiger partial charge in [-0.05, 0) is 43.4 Å². The van der Waals surface area contributed by atoms with Crippen molar-refractivity contribution in [3.8, 4) is 0 Å². The van der Waals surface area contributed by atoms with E-state index in [1.807, 2.05) is 24.3 Å². The number of nitrogens with zero attached hydrogens (tertiary/aromatic N) is 3. The number of aromatic nitrogens is 3. The second-order valence-corrected chi connectivity index (χ2v) is 6.35. The van der Waals surface area contributed by atoms with E-state index in [2.05, 4.69) is 15.4 Å². The minimum Gasteiger partial charge on any atom is -0.469 e. The van der Waals surface area contributed by atoms with Gasteiger partial charge in [0.1, 0.15) is 12.7 Å². The summed E-state index contributed by atoms with van der Waals surface area (Å²) in [4.78, 5) is 27.9. The highest BCUT2D eigenvalue weighted by molar-refractivity contribution is 5.92. The normalized spacial score (nSPS) is 20.0. The number of ether oxygens (including phenoxy) is 1. The lowest BCUT2D eigenvalue weighted by Gasteiger charge is -2.26. The van der Waals surface area contributed by atoms with Crippen LogP contribution in [0.2, 0.25) is 0 Å². The van der Waals surface area contributed by atoms with E-state index >= 15 is 0 Å². The molecule has 1 amide bonds. The summed E-state index contributed by atoms with van der Waals surface area (Å²) < 4.78 is 6.52. The molecule has 0 radical (unpaired) electrons. The quantitative estimate of drug-likeness (QED) is 0.842. The van der Waals surface area contributed by atoms with E-state index in [9.17, 15) is 9.59 Å². The number of benzene rings is 1. The largest absolute Gasteiger partial charge is 0.469 e. The van der Waals surface area contributed by atoms with Crippen molar-refractivity contribution < 1.29 is 14.3 Å². The fourth-order valence-corrected chi connectivity index (χ4v) is 3.20. The summed E-state index contributed by atoms with van der Waals surface area (Å²) in [6, 6.07) is 7.71. The van der Waals surface area contributed by atoms with E-state index in [0.717, 1.165) is 24.1 Å². The number of carbonyl (C=O) groups is 2. The fourth-order valence-electron chi connectivity index (χ4n) is 3.20. The molecule has 3 rings (SSSR count). The number of carbonyl (C=O) groups excluding carboxylic acids is 2. The van der Waals surface area contributed by atoms with Gasteiger partial charge < -0.3 is 10.1 Å². The van der Waals surface area contributed by atoms with Crippen LogP contribution in [0.1, 0.15) is 31.2 Å². The molecule has 1 saturated carbocycles. The van der Waals surface area contributed by atoms with Crippen molar-refractivity contribution >= 4 is 17.6 Å². The van der Waals surface area contributed by atoms with E-state index in [4.69, 9.17) is 4.74 Å². The molecule has 1 aliphatic carbocycles. The van der Waals surface area contributed by atoms with E-state index in [1.54, 1.807) is 11.0 Å². The Morgan fingerprint density at radius 3 is 2.44 bits per heavy atom. The molecular formula is C18H22N4O3. The molecule has 0 spiro atoms. The predicted molar refractivity (Wildman–Crippen MR) is 91.7 cm³/mol. The molecule has 7 heteroatoms. The summed E-state index contributed by atoms with van der Waals surface area (Å²) in [7, 11) is 1.41. The average molecular weight is 342 g/mol. The van der Waals surface area contributed by atoms with Crippen molar-refractivity contribution in [1.29, 1.82) is 0 Å². The van der Waals surface area contributed by atoms with Crippen molar-refractivity contribution in [3.05, 3.63) is 42.5 Å². The number of rotatable bonds is 5. The summed E-state index contributed by atoms with van der Waals surface area (Å²) in [5.74, 6) is -0.255. The molecule has 132 valence electrons. The Balaban J connectivity index is 1.50. The van der Waals surface area contributed by atoms with Crippen LogP contribution in [-0.4, -0.2) is 33.8 Å². The van der Waals surface area contributed by atoms with Gasteiger partial charge in [-0.2, -0.15) is 5.10 Å². The number of hydrogen-bond acceptors (Lipinski definition) is 5. The van der Waals surface area contributed by atoms with Gasteiger partial charge in [0.2, 0.25) is 5.91 Å². The van der Waals surface area contributed by atoms with E-state index in [1.165, 1.54) is 13.4 Å². The minimum absolute atomic E-state index is 0.0207. The summed E-state index contributed by atoms with van der Waals surface area (Å²) in [6.07, 6.45) is 6.03. The second-order valence-electron chi connectivity index (χ2n) is 6.35. The molecule has 1 aromatic carbocycles. The predicted octanol–water partition coefficient (Wildman–Crippen LogP) is 2.24. The third-order valence-electron chi connectivity index (χ3n) is 4.67. The lowest BCUT2D eigenvalue weighted by Crippen LogP contribution is -2.30. The highest BCUT2D eigenvalue weighted by Crippen LogP contribution is 2.30. The van der Waals surface area contributed by atoms with Crippen molar-refractivity contribution in [2.75, 3.05) is 12.4 Å². The lowest BCUT2D eigenvalue weighted by molar-refractivity contribution is -0.147.